The summed E-state index contributed by atoms with van der Waals surface area (Å²) in [5.41, 5.74) is 11.6. The number of aryl methyl sites for hydroxylation is 1. The Hall–Kier alpha value is -3.90. The predicted molar refractivity (Wildman–Crippen MR) is 134 cm³/mol. The number of benzene rings is 5. The van der Waals surface area contributed by atoms with E-state index >= 15 is 0 Å². The Labute approximate surface area is 189 Å². The Bertz CT molecular complexity index is 1360. The Kier molecular flexibility index (Phi) is 4.33. The van der Waals surface area contributed by atoms with Crippen molar-refractivity contribution in [2.75, 3.05) is 0 Å². The first-order valence-corrected chi connectivity index (χ1v) is 11.2. The van der Waals surface area contributed by atoms with Gasteiger partial charge in [0.15, 0.2) is 0 Å². The highest BCUT2D eigenvalue weighted by atomic mass is 14.5. The van der Waals surface area contributed by atoms with E-state index in [-0.39, 0.29) is 5.41 Å². The zero-order chi connectivity index (χ0) is 21.5. The van der Waals surface area contributed by atoms with Crippen LogP contribution in [0.25, 0.3) is 22.3 Å². The average molecular weight is 409 g/mol. The second-order valence-corrected chi connectivity index (χ2v) is 8.61. The molecule has 152 valence electrons. The summed E-state index contributed by atoms with van der Waals surface area (Å²) in [6.07, 6.45) is 0. The maximum Gasteiger partial charge on any atom is 0.0713 e. The van der Waals surface area contributed by atoms with Gasteiger partial charge >= 0.3 is 0 Å². The standard InChI is InChI=1S/C32H24/c1-23-21-25(24-13-5-2-6-14-24)22-30-31(23)28-19-11-12-20-29(28)32(30,26-15-7-3-8-16-26)27-17-9-4-10-18-27/h2-22H,1H3. The monoisotopic (exact) mass is 408 g/mol. The molecule has 1 aliphatic carbocycles. The van der Waals surface area contributed by atoms with Crippen molar-refractivity contribution < 1.29 is 0 Å². The van der Waals surface area contributed by atoms with E-state index < -0.39 is 0 Å². The summed E-state index contributed by atoms with van der Waals surface area (Å²) in [4.78, 5) is 0. The van der Waals surface area contributed by atoms with Crippen LogP contribution in [-0.2, 0) is 5.41 Å². The van der Waals surface area contributed by atoms with Gasteiger partial charge in [0.2, 0.25) is 0 Å². The van der Waals surface area contributed by atoms with E-state index in [9.17, 15) is 0 Å². The van der Waals surface area contributed by atoms with Crippen LogP contribution < -0.4 is 0 Å². The van der Waals surface area contributed by atoms with Crippen LogP contribution in [0.15, 0.2) is 127 Å². The molecule has 0 N–H and O–H groups in total. The molecule has 0 nitrogen and oxygen atoms in total. The van der Waals surface area contributed by atoms with Gasteiger partial charge in [-0.15, -0.1) is 0 Å². The molecule has 5 aromatic carbocycles. The van der Waals surface area contributed by atoms with Crippen molar-refractivity contribution in [3.05, 3.63) is 155 Å². The van der Waals surface area contributed by atoms with Crippen LogP contribution in [0.3, 0.4) is 0 Å². The molecule has 0 heteroatoms. The Morgan fingerprint density at radius 2 is 1.00 bits per heavy atom. The summed E-state index contributed by atoms with van der Waals surface area (Å²) in [7, 11) is 0. The molecule has 0 unspecified atom stereocenters. The molecule has 0 radical (unpaired) electrons. The van der Waals surface area contributed by atoms with Gasteiger partial charge in [-0.1, -0.05) is 121 Å². The Morgan fingerprint density at radius 3 is 1.62 bits per heavy atom. The van der Waals surface area contributed by atoms with E-state index in [1.165, 1.54) is 50.1 Å². The SMILES string of the molecule is Cc1cc(-c2ccccc2)cc2c1-c1ccccc1C2(c1ccccc1)c1ccccc1. The van der Waals surface area contributed by atoms with Crippen molar-refractivity contribution in [2.24, 2.45) is 0 Å². The van der Waals surface area contributed by atoms with Gasteiger partial charge in [-0.05, 0) is 63.1 Å². The summed E-state index contributed by atoms with van der Waals surface area (Å²) in [5.74, 6) is 0. The minimum atomic E-state index is -0.343. The normalized spacial score (nSPS) is 13.4. The van der Waals surface area contributed by atoms with Crippen LogP contribution in [0.1, 0.15) is 27.8 Å². The number of rotatable bonds is 3. The largest absolute Gasteiger partial charge is 0.0713 e. The molecule has 0 atom stereocenters. The fourth-order valence-corrected chi connectivity index (χ4v) is 5.58. The van der Waals surface area contributed by atoms with Gasteiger partial charge < -0.3 is 0 Å². The number of hydrogen-bond donors (Lipinski definition) is 0. The topological polar surface area (TPSA) is 0 Å². The molecular weight excluding hydrogens is 384 g/mol. The molecule has 32 heavy (non-hydrogen) atoms. The lowest BCUT2D eigenvalue weighted by Crippen LogP contribution is -2.28. The second kappa shape index (κ2) is 7.35. The highest BCUT2D eigenvalue weighted by molar-refractivity contribution is 5.90. The molecule has 0 saturated heterocycles. The molecule has 0 fully saturated rings. The molecule has 5 aromatic rings. The zero-order valence-electron chi connectivity index (χ0n) is 18.1. The molecule has 0 aromatic heterocycles. The fraction of sp³-hybridized carbons (Fsp3) is 0.0625. The Morgan fingerprint density at radius 1 is 0.469 bits per heavy atom. The van der Waals surface area contributed by atoms with Crippen LogP contribution in [0.4, 0.5) is 0 Å². The fourth-order valence-electron chi connectivity index (χ4n) is 5.58. The summed E-state index contributed by atoms with van der Waals surface area (Å²) in [6, 6.07) is 46.4. The van der Waals surface area contributed by atoms with E-state index in [0.29, 0.717) is 0 Å². The number of hydrogen-bond acceptors (Lipinski definition) is 0. The van der Waals surface area contributed by atoms with Crippen molar-refractivity contribution in [3.8, 4) is 22.3 Å². The lowest BCUT2D eigenvalue weighted by Gasteiger charge is -2.34. The van der Waals surface area contributed by atoms with E-state index in [1.54, 1.807) is 0 Å². The average Bonchev–Trinajstić information content (AvgIpc) is 3.17. The van der Waals surface area contributed by atoms with Gasteiger partial charge in [-0.25, -0.2) is 0 Å². The number of fused-ring (bicyclic) bond motifs is 3. The van der Waals surface area contributed by atoms with Crippen molar-refractivity contribution >= 4 is 0 Å². The molecule has 0 saturated carbocycles. The Balaban J connectivity index is 1.78. The van der Waals surface area contributed by atoms with E-state index in [4.69, 9.17) is 0 Å². The van der Waals surface area contributed by atoms with E-state index in [1.807, 2.05) is 0 Å². The zero-order valence-corrected chi connectivity index (χ0v) is 18.1. The minimum absolute atomic E-state index is 0.343. The maximum absolute atomic E-state index is 2.43. The van der Waals surface area contributed by atoms with Crippen molar-refractivity contribution in [1.29, 1.82) is 0 Å². The molecule has 0 amide bonds. The second-order valence-electron chi connectivity index (χ2n) is 8.61. The molecular formula is C32H24. The van der Waals surface area contributed by atoms with Gasteiger partial charge in [0.05, 0.1) is 5.41 Å². The molecule has 0 bridgehead atoms. The van der Waals surface area contributed by atoms with Gasteiger partial charge in [0.1, 0.15) is 0 Å². The van der Waals surface area contributed by atoms with Crippen LogP contribution in [-0.4, -0.2) is 0 Å². The van der Waals surface area contributed by atoms with Crippen LogP contribution in [0.5, 0.6) is 0 Å². The third-order valence-electron chi connectivity index (χ3n) is 6.86. The van der Waals surface area contributed by atoms with Gasteiger partial charge in [0, 0.05) is 0 Å². The first-order chi connectivity index (χ1) is 15.8. The van der Waals surface area contributed by atoms with Gasteiger partial charge in [-0.3, -0.25) is 0 Å². The van der Waals surface area contributed by atoms with Crippen molar-refractivity contribution in [1.82, 2.24) is 0 Å². The molecule has 6 rings (SSSR count). The smallest absolute Gasteiger partial charge is 0.0622 e. The van der Waals surface area contributed by atoms with Crippen LogP contribution >= 0.6 is 0 Å². The quantitative estimate of drug-likeness (QED) is 0.278. The highest BCUT2D eigenvalue weighted by Crippen LogP contribution is 2.57. The van der Waals surface area contributed by atoms with E-state index in [0.717, 1.165) is 0 Å². The lowest BCUT2D eigenvalue weighted by atomic mass is 9.67. The van der Waals surface area contributed by atoms with Crippen LogP contribution in [0, 0.1) is 6.92 Å². The van der Waals surface area contributed by atoms with Gasteiger partial charge in [0.25, 0.3) is 0 Å². The first kappa shape index (κ1) is 18.8. The third-order valence-corrected chi connectivity index (χ3v) is 6.86. The predicted octanol–water partition coefficient (Wildman–Crippen LogP) is 8.03. The summed E-state index contributed by atoms with van der Waals surface area (Å²) < 4.78 is 0. The summed E-state index contributed by atoms with van der Waals surface area (Å²) in [6.45, 7) is 2.26. The summed E-state index contributed by atoms with van der Waals surface area (Å²) >= 11 is 0. The van der Waals surface area contributed by atoms with E-state index in [2.05, 4.69) is 134 Å². The highest BCUT2D eigenvalue weighted by Gasteiger charge is 2.46. The van der Waals surface area contributed by atoms with Crippen molar-refractivity contribution in [3.63, 3.8) is 0 Å². The summed E-state index contributed by atoms with van der Waals surface area (Å²) in [5, 5.41) is 0. The first-order valence-electron chi connectivity index (χ1n) is 11.2. The maximum atomic E-state index is 2.43. The van der Waals surface area contributed by atoms with Crippen molar-refractivity contribution in [2.45, 2.75) is 12.3 Å². The van der Waals surface area contributed by atoms with Gasteiger partial charge in [-0.2, -0.15) is 0 Å². The minimum Gasteiger partial charge on any atom is -0.0622 e. The third kappa shape index (κ3) is 2.63. The lowest BCUT2D eigenvalue weighted by molar-refractivity contribution is 0.768. The van der Waals surface area contributed by atoms with Crippen LogP contribution in [0.2, 0.25) is 0 Å². The molecule has 0 spiro atoms. The molecule has 0 heterocycles. The molecule has 1 aliphatic rings. The molecule has 0 aliphatic heterocycles.